The van der Waals surface area contributed by atoms with E-state index in [9.17, 15) is 0 Å². The third kappa shape index (κ3) is 2.18. The average Bonchev–Trinajstić information content (AvgIpc) is 2.76. The molecule has 0 aliphatic heterocycles. The molecular weight excluding hydrogens is 182 g/mol. The molecule has 1 aromatic rings. The van der Waals surface area contributed by atoms with Crippen molar-refractivity contribution in [3.63, 3.8) is 0 Å². The Morgan fingerprint density at radius 2 is 2.23 bits per heavy atom. The van der Waals surface area contributed by atoms with Crippen LogP contribution in [-0.4, -0.2) is 15.4 Å². The number of aromatic nitrogens is 2. The smallest absolute Gasteiger partial charge is 0.202 e. The Morgan fingerprint density at radius 1 is 1.46 bits per heavy atom. The third-order valence-electron chi connectivity index (χ3n) is 2.47. The fraction of sp³-hybridized carbons (Fsp3) is 0.778. The maximum atomic E-state index is 4.39. The van der Waals surface area contributed by atoms with Gasteiger partial charge in [0.2, 0.25) is 5.13 Å². The number of rotatable bonds is 3. The fourth-order valence-corrected chi connectivity index (χ4v) is 2.43. The van der Waals surface area contributed by atoms with Gasteiger partial charge in [0.15, 0.2) is 0 Å². The SMILES string of the molecule is CCc1nsc(NC2CCCC2)n1. The minimum atomic E-state index is 0.651. The lowest BCUT2D eigenvalue weighted by Gasteiger charge is -2.08. The molecule has 1 heterocycles. The third-order valence-corrected chi connectivity index (χ3v) is 3.15. The summed E-state index contributed by atoms with van der Waals surface area (Å²) in [6.07, 6.45) is 6.24. The minimum absolute atomic E-state index is 0.651. The molecule has 0 bridgehead atoms. The van der Waals surface area contributed by atoms with Crippen LogP contribution < -0.4 is 5.32 Å². The molecule has 0 amide bonds. The zero-order valence-electron chi connectivity index (χ0n) is 7.92. The second-order valence-corrected chi connectivity index (χ2v) is 4.25. The highest BCUT2D eigenvalue weighted by molar-refractivity contribution is 7.09. The molecule has 1 aliphatic carbocycles. The second kappa shape index (κ2) is 4.05. The van der Waals surface area contributed by atoms with Gasteiger partial charge in [-0.3, -0.25) is 0 Å². The van der Waals surface area contributed by atoms with E-state index >= 15 is 0 Å². The monoisotopic (exact) mass is 197 g/mol. The first-order valence-electron chi connectivity index (χ1n) is 4.97. The molecule has 4 heteroatoms. The van der Waals surface area contributed by atoms with Crippen molar-refractivity contribution in [3.8, 4) is 0 Å². The summed E-state index contributed by atoms with van der Waals surface area (Å²) >= 11 is 1.49. The molecule has 3 nitrogen and oxygen atoms in total. The fourth-order valence-electron chi connectivity index (χ4n) is 1.70. The maximum absolute atomic E-state index is 4.39. The number of hydrogen-bond acceptors (Lipinski definition) is 4. The summed E-state index contributed by atoms with van der Waals surface area (Å²) in [7, 11) is 0. The summed E-state index contributed by atoms with van der Waals surface area (Å²) < 4.78 is 4.24. The van der Waals surface area contributed by atoms with Crippen molar-refractivity contribution in [3.05, 3.63) is 5.82 Å². The van der Waals surface area contributed by atoms with Crippen molar-refractivity contribution in [2.45, 2.75) is 45.1 Å². The van der Waals surface area contributed by atoms with Crippen LogP contribution in [0.3, 0.4) is 0 Å². The predicted molar refractivity (Wildman–Crippen MR) is 55.2 cm³/mol. The molecule has 13 heavy (non-hydrogen) atoms. The lowest BCUT2D eigenvalue weighted by molar-refractivity contribution is 0.753. The van der Waals surface area contributed by atoms with E-state index in [0.29, 0.717) is 6.04 Å². The van der Waals surface area contributed by atoms with E-state index in [4.69, 9.17) is 0 Å². The Hall–Kier alpha value is -0.640. The van der Waals surface area contributed by atoms with E-state index in [1.165, 1.54) is 37.2 Å². The van der Waals surface area contributed by atoms with Crippen LogP contribution in [0, 0.1) is 0 Å². The summed E-state index contributed by atoms with van der Waals surface area (Å²) in [6, 6.07) is 0.651. The van der Waals surface area contributed by atoms with Crippen LogP contribution in [-0.2, 0) is 6.42 Å². The van der Waals surface area contributed by atoms with Gasteiger partial charge in [-0.15, -0.1) is 0 Å². The summed E-state index contributed by atoms with van der Waals surface area (Å²) in [5.74, 6) is 0.963. The van der Waals surface area contributed by atoms with E-state index in [2.05, 4.69) is 21.6 Å². The van der Waals surface area contributed by atoms with E-state index in [1.54, 1.807) is 0 Å². The first-order chi connectivity index (χ1) is 6.38. The maximum Gasteiger partial charge on any atom is 0.202 e. The summed E-state index contributed by atoms with van der Waals surface area (Å²) in [4.78, 5) is 4.39. The summed E-state index contributed by atoms with van der Waals surface area (Å²) in [5.41, 5.74) is 0. The average molecular weight is 197 g/mol. The Balaban J connectivity index is 1.92. The van der Waals surface area contributed by atoms with Crippen molar-refractivity contribution >= 4 is 16.7 Å². The topological polar surface area (TPSA) is 37.8 Å². The van der Waals surface area contributed by atoms with Crippen molar-refractivity contribution in [1.82, 2.24) is 9.36 Å². The second-order valence-electron chi connectivity index (χ2n) is 3.50. The number of nitrogens with zero attached hydrogens (tertiary/aromatic N) is 2. The molecule has 1 saturated carbocycles. The highest BCUT2D eigenvalue weighted by Gasteiger charge is 2.15. The van der Waals surface area contributed by atoms with Crippen molar-refractivity contribution in [2.75, 3.05) is 5.32 Å². The van der Waals surface area contributed by atoms with Crippen molar-refractivity contribution in [1.29, 1.82) is 0 Å². The Kier molecular flexibility index (Phi) is 2.78. The van der Waals surface area contributed by atoms with Gasteiger partial charge in [0, 0.05) is 24.0 Å². The van der Waals surface area contributed by atoms with E-state index in [1.807, 2.05) is 0 Å². The van der Waals surface area contributed by atoms with Crippen LogP contribution in [0.25, 0.3) is 0 Å². The quantitative estimate of drug-likeness (QED) is 0.808. The lowest BCUT2D eigenvalue weighted by Crippen LogP contribution is -2.14. The van der Waals surface area contributed by atoms with E-state index in [0.717, 1.165) is 17.4 Å². The first-order valence-corrected chi connectivity index (χ1v) is 5.75. The molecule has 1 fully saturated rings. The number of aryl methyl sites for hydroxylation is 1. The molecular formula is C9H15N3S. The van der Waals surface area contributed by atoms with E-state index < -0.39 is 0 Å². The standard InChI is InChI=1S/C9H15N3S/c1-2-8-11-9(13-12-8)10-7-5-3-4-6-7/h7H,2-6H2,1H3,(H,10,11,12). The van der Waals surface area contributed by atoms with Gasteiger partial charge in [0.1, 0.15) is 5.82 Å². The number of anilines is 1. The highest BCUT2D eigenvalue weighted by atomic mass is 32.1. The molecule has 0 atom stereocenters. The molecule has 1 N–H and O–H groups in total. The molecule has 1 aromatic heterocycles. The zero-order valence-corrected chi connectivity index (χ0v) is 8.73. The zero-order chi connectivity index (χ0) is 9.10. The van der Waals surface area contributed by atoms with Crippen LogP contribution in [0.2, 0.25) is 0 Å². The molecule has 0 aromatic carbocycles. The molecule has 0 spiro atoms. The summed E-state index contributed by atoms with van der Waals surface area (Å²) in [6.45, 7) is 2.08. The summed E-state index contributed by atoms with van der Waals surface area (Å²) in [5, 5.41) is 4.44. The largest absolute Gasteiger partial charge is 0.358 e. The Morgan fingerprint density at radius 3 is 2.85 bits per heavy atom. The number of hydrogen-bond donors (Lipinski definition) is 1. The van der Waals surface area contributed by atoms with Gasteiger partial charge >= 0.3 is 0 Å². The van der Waals surface area contributed by atoms with Crippen LogP contribution in [0.5, 0.6) is 0 Å². The Labute approximate surface area is 82.8 Å². The van der Waals surface area contributed by atoms with Crippen molar-refractivity contribution in [2.24, 2.45) is 0 Å². The van der Waals surface area contributed by atoms with Crippen LogP contribution in [0.4, 0.5) is 5.13 Å². The van der Waals surface area contributed by atoms with Gasteiger partial charge in [-0.2, -0.15) is 4.37 Å². The van der Waals surface area contributed by atoms with Gasteiger partial charge < -0.3 is 5.32 Å². The molecule has 2 rings (SSSR count). The first kappa shape index (κ1) is 8.94. The molecule has 0 radical (unpaired) electrons. The van der Waals surface area contributed by atoms with Gasteiger partial charge in [-0.1, -0.05) is 19.8 Å². The molecule has 0 unspecified atom stereocenters. The van der Waals surface area contributed by atoms with Crippen LogP contribution in [0.15, 0.2) is 0 Å². The molecule has 0 saturated heterocycles. The van der Waals surface area contributed by atoms with Crippen LogP contribution in [0.1, 0.15) is 38.4 Å². The van der Waals surface area contributed by atoms with Gasteiger partial charge in [0.25, 0.3) is 0 Å². The minimum Gasteiger partial charge on any atom is -0.358 e. The van der Waals surface area contributed by atoms with Crippen LogP contribution >= 0.6 is 11.5 Å². The molecule has 72 valence electrons. The predicted octanol–water partition coefficient (Wildman–Crippen LogP) is 2.46. The van der Waals surface area contributed by atoms with Gasteiger partial charge in [-0.05, 0) is 12.8 Å². The lowest BCUT2D eigenvalue weighted by atomic mass is 10.3. The van der Waals surface area contributed by atoms with Crippen molar-refractivity contribution < 1.29 is 0 Å². The number of nitrogens with one attached hydrogen (secondary N) is 1. The highest BCUT2D eigenvalue weighted by Crippen LogP contribution is 2.22. The van der Waals surface area contributed by atoms with E-state index in [-0.39, 0.29) is 0 Å². The Bertz CT molecular complexity index is 266. The normalized spacial score (nSPS) is 17.9. The molecule has 1 aliphatic rings. The van der Waals surface area contributed by atoms with Gasteiger partial charge in [-0.25, -0.2) is 4.98 Å². The van der Waals surface area contributed by atoms with Gasteiger partial charge in [0.05, 0.1) is 0 Å².